The first kappa shape index (κ1) is 17.8. The molecule has 0 aliphatic carbocycles. The quantitative estimate of drug-likeness (QED) is 0.678. The summed E-state index contributed by atoms with van der Waals surface area (Å²) in [5, 5.41) is 5.39. The molecule has 0 aliphatic rings. The van der Waals surface area contributed by atoms with Gasteiger partial charge in [0.25, 0.3) is 5.91 Å². The summed E-state index contributed by atoms with van der Waals surface area (Å²) < 4.78 is 9.86. The normalized spacial score (nSPS) is 9.73. The smallest absolute Gasteiger partial charge is 0.344 e. The van der Waals surface area contributed by atoms with Gasteiger partial charge in [0, 0.05) is 11.6 Å². The summed E-state index contributed by atoms with van der Waals surface area (Å²) in [6.45, 7) is 1.28. The molecule has 0 radical (unpaired) electrons. The minimum Gasteiger partial charge on any atom is -0.482 e. The molecule has 2 N–H and O–H groups in total. The van der Waals surface area contributed by atoms with Crippen molar-refractivity contribution in [1.29, 1.82) is 0 Å². The summed E-state index contributed by atoms with van der Waals surface area (Å²) in [4.78, 5) is 33.8. The van der Waals surface area contributed by atoms with Crippen LogP contribution in [0.2, 0.25) is 5.02 Å². The Balaban J connectivity index is 2.18. The van der Waals surface area contributed by atoms with Crippen molar-refractivity contribution in [3.8, 4) is 5.75 Å². The minimum atomic E-state index is -0.692. The van der Waals surface area contributed by atoms with Gasteiger partial charge in [-0.15, -0.1) is 0 Å². The number of ether oxygens (including phenoxy) is 2. The van der Waals surface area contributed by atoms with E-state index in [-0.39, 0.29) is 19.1 Å². The van der Waals surface area contributed by atoms with Gasteiger partial charge in [-0.1, -0.05) is 11.6 Å². The Kier molecular flexibility index (Phi) is 7.77. The highest BCUT2D eigenvalue weighted by atomic mass is 35.5. The molecule has 0 fully saturated rings. The summed E-state index contributed by atoms with van der Waals surface area (Å²) >= 11 is 5.71. The summed E-state index contributed by atoms with van der Waals surface area (Å²) in [7, 11) is 0. The Morgan fingerprint density at radius 2 is 1.73 bits per heavy atom. The number of benzene rings is 1. The Bertz CT molecular complexity index is 518. The molecule has 0 bridgehead atoms. The maximum absolute atomic E-state index is 11.4. The molecule has 7 nitrogen and oxygen atoms in total. The van der Waals surface area contributed by atoms with Gasteiger partial charge in [0.05, 0.1) is 6.54 Å². The molecule has 0 saturated heterocycles. The zero-order valence-electron chi connectivity index (χ0n) is 12.1. The van der Waals surface area contributed by atoms with E-state index in [9.17, 15) is 14.4 Å². The lowest BCUT2D eigenvalue weighted by molar-refractivity contribution is -0.150. The third-order valence-corrected chi connectivity index (χ3v) is 2.61. The van der Waals surface area contributed by atoms with Crippen molar-refractivity contribution < 1.29 is 23.9 Å². The first-order valence-electron chi connectivity index (χ1n) is 6.58. The standard InChI is InChI=1S/C14H17ClN2O5/c1-2-16-12(18)7-17-13(19)8-22-14(20)9-21-11-5-3-10(15)4-6-11/h3-6H,2,7-9H2,1H3,(H,16,18)(H,17,19). The predicted molar refractivity (Wildman–Crippen MR) is 79.6 cm³/mol. The van der Waals surface area contributed by atoms with Crippen molar-refractivity contribution in [2.75, 3.05) is 26.3 Å². The van der Waals surface area contributed by atoms with Gasteiger partial charge >= 0.3 is 5.97 Å². The molecule has 0 atom stereocenters. The SMILES string of the molecule is CCNC(=O)CNC(=O)COC(=O)COc1ccc(Cl)cc1. The summed E-state index contributed by atoms with van der Waals surface area (Å²) in [5.41, 5.74) is 0. The number of amides is 2. The molecule has 0 aliphatic heterocycles. The molecule has 8 heteroatoms. The zero-order chi connectivity index (χ0) is 16.4. The number of carbonyl (C=O) groups excluding carboxylic acids is 3. The zero-order valence-corrected chi connectivity index (χ0v) is 12.8. The number of halogens is 1. The number of rotatable bonds is 8. The molecule has 0 unspecified atom stereocenters. The maximum atomic E-state index is 11.4. The van der Waals surface area contributed by atoms with E-state index in [0.717, 1.165) is 0 Å². The summed E-state index contributed by atoms with van der Waals surface area (Å²) in [5.74, 6) is -1.11. The van der Waals surface area contributed by atoms with Crippen LogP contribution in [-0.2, 0) is 19.1 Å². The van der Waals surface area contributed by atoms with Crippen molar-refractivity contribution in [2.45, 2.75) is 6.92 Å². The third kappa shape index (κ3) is 7.49. The molecule has 120 valence electrons. The van der Waals surface area contributed by atoms with E-state index in [1.165, 1.54) is 0 Å². The average Bonchev–Trinajstić information content (AvgIpc) is 2.50. The van der Waals surface area contributed by atoms with Crippen LogP contribution >= 0.6 is 11.6 Å². The van der Waals surface area contributed by atoms with Crippen LogP contribution in [-0.4, -0.2) is 44.1 Å². The fourth-order valence-electron chi connectivity index (χ4n) is 1.35. The van der Waals surface area contributed by atoms with Crippen molar-refractivity contribution in [1.82, 2.24) is 10.6 Å². The van der Waals surface area contributed by atoms with Crippen LogP contribution in [0.25, 0.3) is 0 Å². The van der Waals surface area contributed by atoms with E-state index < -0.39 is 18.5 Å². The molecular weight excluding hydrogens is 312 g/mol. The second kappa shape index (κ2) is 9.62. The highest BCUT2D eigenvalue weighted by molar-refractivity contribution is 6.30. The van der Waals surface area contributed by atoms with Gasteiger partial charge in [-0.3, -0.25) is 9.59 Å². The van der Waals surface area contributed by atoms with Crippen LogP contribution in [0, 0.1) is 0 Å². The average molecular weight is 329 g/mol. The second-order valence-corrected chi connectivity index (χ2v) is 4.57. The van der Waals surface area contributed by atoms with E-state index in [2.05, 4.69) is 10.6 Å². The van der Waals surface area contributed by atoms with E-state index in [0.29, 0.717) is 17.3 Å². The maximum Gasteiger partial charge on any atom is 0.344 e. The van der Waals surface area contributed by atoms with Gasteiger partial charge in [-0.05, 0) is 31.2 Å². The third-order valence-electron chi connectivity index (χ3n) is 2.35. The topological polar surface area (TPSA) is 93.7 Å². The van der Waals surface area contributed by atoms with Crippen LogP contribution < -0.4 is 15.4 Å². The molecule has 22 heavy (non-hydrogen) atoms. The Hall–Kier alpha value is -2.28. The van der Waals surface area contributed by atoms with Crippen molar-refractivity contribution in [3.05, 3.63) is 29.3 Å². The first-order chi connectivity index (χ1) is 10.5. The van der Waals surface area contributed by atoms with E-state index in [1.807, 2.05) is 0 Å². The number of nitrogens with one attached hydrogen (secondary N) is 2. The molecule has 1 aromatic carbocycles. The van der Waals surface area contributed by atoms with E-state index in [1.54, 1.807) is 31.2 Å². The molecule has 2 amide bonds. The van der Waals surface area contributed by atoms with Gasteiger partial charge in [0.15, 0.2) is 13.2 Å². The van der Waals surface area contributed by atoms with Crippen LogP contribution in [0.15, 0.2) is 24.3 Å². The van der Waals surface area contributed by atoms with Crippen molar-refractivity contribution in [3.63, 3.8) is 0 Å². The fraction of sp³-hybridized carbons (Fsp3) is 0.357. The number of likely N-dealkylation sites (N-methyl/N-ethyl adjacent to an activating group) is 1. The lowest BCUT2D eigenvalue weighted by Gasteiger charge is -2.08. The largest absolute Gasteiger partial charge is 0.482 e. The van der Waals surface area contributed by atoms with Gasteiger partial charge < -0.3 is 20.1 Å². The van der Waals surface area contributed by atoms with Gasteiger partial charge in [-0.2, -0.15) is 0 Å². The van der Waals surface area contributed by atoms with Crippen LogP contribution in [0.5, 0.6) is 5.75 Å². The van der Waals surface area contributed by atoms with E-state index in [4.69, 9.17) is 21.1 Å². The predicted octanol–water partition coefficient (Wildman–Crippen LogP) is 0.514. The van der Waals surface area contributed by atoms with Gasteiger partial charge in [0.2, 0.25) is 5.91 Å². The minimum absolute atomic E-state index is 0.161. The van der Waals surface area contributed by atoms with Crippen LogP contribution in [0.3, 0.4) is 0 Å². The molecule has 1 rings (SSSR count). The molecule has 1 aromatic rings. The number of carbonyl (C=O) groups is 3. The highest BCUT2D eigenvalue weighted by Crippen LogP contribution is 2.15. The van der Waals surface area contributed by atoms with Crippen LogP contribution in [0.4, 0.5) is 0 Å². The lowest BCUT2D eigenvalue weighted by atomic mass is 10.3. The molecule has 0 saturated carbocycles. The van der Waals surface area contributed by atoms with E-state index >= 15 is 0 Å². The highest BCUT2D eigenvalue weighted by Gasteiger charge is 2.09. The molecular formula is C14H17ClN2O5. The fourth-order valence-corrected chi connectivity index (χ4v) is 1.48. The van der Waals surface area contributed by atoms with Crippen molar-refractivity contribution in [2.24, 2.45) is 0 Å². The van der Waals surface area contributed by atoms with Crippen molar-refractivity contribution >= 4 is 29.4 Å². The number of hydrogen-bond acceptors (Lipinski definition) is 5. The Labute approximate surface area is 132 Å². The first-order valence-corrected chi connectivity index (χ1v) is 6.96. The Morgan fingerprint density at radius 3 is 2.36 bits per heavy atom. The molecule has 0 aromatic heterocycles. The Morgan fingerprint density at radius 1 is 1.05 bits per heavy atom. The van der Waals surface area contributed by atoms with Gasteiger partial charge in [-0.25, -0.2) is 4.79 Å². The second-order valence-electron chi connectivity index (χ2n) is 4.13. The molecule has 0 spiro atoms. The monoisotopic (exact) mass is 328 g/mol. The molecule has 0 heterocycles. The van der Waals surface area contributed by atoms with Crippen LogP contribution in [0.1, 0.15) is 6.92 Å². The number of hydrogen-bond donors (Lipinski definition) is 2. The summed E-state index contributed by atoms with van der Waals surface area (Å²) in [6.07, 6.45) is 0. The summed E-state index contributed by atoms with van der Waals surface area (Å²) in [6, 6.07) is 6.46. The lowest BCUT2D eigenvalue weighted by Crippen LogP contribution is -2.38. The number of esters is 1. The van der Waals surface area contributed by atoms with Gasteiger partial charge in [0.1, 0.15) is 5.75 Å².